The average Bonchev–Trinajstić information content (AvgIpc) is 2.37. The van der Waals surface area contributed by atoms with Crippen molar-refractivity contribution < 1.29 is 50.1 Å². The van der Waals surface area contributed by atoms with Crippen LogP contribution in [-0.4, -0.2) is 41.3 Å². The molecule has 0 aliphatic heterocycles. The first kappa shape index (κ1) is 27.3. The van der Waals surface area contributed by atoms with Crippen molar-refractivity contribution in [2.24, 2.45) is 11.3 Å². The molecule has 1 unspecified atom stereocenters. The first-order valence-electron chi connectivity index (χ1n) is 8.67. The second-order valence-corrected chi connectivity index (χ2v) is 9.26. The minimum absolute atomic E-state index is 0.381. The molecule has 0 heterocycles. The molecule has 0 bridgehead atoms. The number of halogens is 6. The van der Waals surface area contributed by atoms with Gasteiger partial charge in [-0.3, -0.25) is 4.79 Å². The van der Waals surface area contributed by atoms with Gasteiger partial charge in [-0.2, -0.15) is 26.3 Å². The summed E-state index contributed by atoms with van der Waals surface area (Å²) in [7, 11) is 0. The standard InChI is InChI=1S/C18H28F6O5/c1-10(13(2,3)4)11(25)27-15(8,9)16(17(19,20)21,18(22,23)24)29-12(26)28-14(5,6)7/h10H,1-9H3. The molecule has 0 aliphatic rings. The van der Waals surface area contributed by atoms with Crippen LogP contribution in [0.15, 0.2) is 0 Å². The van der Waals surface area contributed by atoms with E-state index < -0.39 is 52.6 Å². The summed E-state index contributed by atoms with van der Waals surface area (Å²) in [4.78, 5) is 24.1. The number of ether oxygens (including phenoxy) is 3. The van der Waals surface area contributed by atoms with E-state index in [1.165, 1.54) is 27.7 Å². The summed E-state index contributed by atoms with van der Waals surface area (Å²) in [5.74, 6) is -2.37. The van der Waals surface area contributed by atoms with Gasteiger partial charge < -0.3 is 14.2 Å². The highest BCUT2D eigenvalue weighted by Crippen LogP contribution is 2.54. The number of carbonyl (C=O) groups excluding carboxylic acids is 2. The lowest BCUT2D eigenvalue weighted by molar-refractivity contribution is -0.408. The molecule has 0 aromatic carbocycles. The summed E-state index contributed by atoms with van der Waals surface area (Å²) in [6, 6.07) is 0. The van der Waals surface area contributed by atoms with E-state index in [1.807, 2.05) is 0 Å². The minimum atomic E-state index is -6.18. The van der Waals surface area contributed by atoms with Gasteiger partial charge in [0.2, 0.25) is 0 Å². The molecule has 0 saturated carbocycles. The predicted molar refractivity (Wildman–Crippen MR) is 91.0 cm³/mol. The van der Waals surface area contributed by atoms with Crippen LogP contribution in [0.1, 0.15) is 62.3 Å². The third kappa shape index (κ3) is 6.15. The molecule has 5 nitrogen and oxygen atoms in total. The van der Waals surface area contributed by atoms with E-state index >= 15 is 0 Å². The Morgan fingerprint density at radius 1 is 0.690 bits per heavy atom. The molecule has 0 amide bonds. The fourth-order valence-corrected chi connectivity index (χ4v) is 2.24. The Bertz CT molecular complexity index is 594. The number of hydrogen-bond acceptors (Lipinski definition) is 5. The predicted octanol–water partition coefficient (Wildman–Crippen LogP) is 5.81. The fraction of sp³-hybridized carbons (Fsp3) is 0.889. The van der Waals surface area contributed by atoms with Gasteiger partial charge in [-0.1, -0.05) is 27.7 Å². The molecular formula is C18H28F6O5. The van der Waals surface area contributed by atoms with Crippen molar-refractivity contribution in [2.75, 3.05) is 0 Å². The number of hydrogen-bond donors (Lipinski definition) is 0. The molecule has 0 saturated heterocycles. The van der Waals surface area contributed by atoms with Gasteiger partial charge in [-0.05, 0) is 40.0 Å². The Hall–Kier alpha value is -1.68. The van der Waals surface area contributed by atoms with Crippen molar-refractivity contribution >= 4 is 12.1 Å². The van der Waals surface area contributed by atoms with Gasteiger partial charge in [0.15, 0.2) is 5.60 Å². The summed E-state index contributed by atoms with van der Waals surface area (Å²) in [6.45, 7) is 10.4. The smallest absolute Gasteiger partial charge is 0.454 e. The Kier molecular flexibility index (Phi) is 7.41. The average molecular weight is 438 g/mol. The van der Waals surface area contributed by atoms with E-state index in [2.05, 4.69) is 14.2 Å². The quantitative estimate of drug-likeness (QED) is 0.410. The zero-order chi connectivity index (χ0) is 23.9. The maximum absolute atomic E-state index is 13.8. The maximum atomic E-state index is 13.8. The van der Waals surface area contributed by atoms with Crippen LogP contribution < -0.4 is 0 Å². The number of esters is 1. The van der Waals surface area contributed by atoms with Crippen LogP contribution in [0, 0.1) is 11.3 Å². The summed E-state index contributed by atoms with van der Waals surface area (Å²) in [5.41, 5.74) is -10.8. The van der Waals surface area contributed by atoms with E-state index in [4.69, 9.17) is 0 Å². The molecule has 0 aromatic heterocycles. The normalized spacial score (nSPS) is 15.6. The van der Waals surface area contributed by atoms with E-state index in [1.54, 1.807) is 20.8 Å². The van der Waals surface area contributed by atoms with E-state index in [0.717, 1.165) is 0 Å². The number of carbonyl (C=O) groups is 2. The van der Waals surface area contributed by atoms with Gasteiger partial charge in [0.1, 0.15) is 5.60 Å². The third-order valence-corrected chi connectivity index (χ3v) is 4.28. The maximum Gasteiger partial charge on any atom is 0.510 e. The monoisotopic (exact) mass is 438 g/mol. The van der Waals surface area contributed by atoms with E-state index in [-0.39, 0.29) is 0 Å². The van der Waals surface area contributed by atoms with Crippen LogP contribution >= 0.6 is 0 Å². The Morgan fingerprint density at radius 3 is 1.34 bits per heavy atom. The lowest BCUT2D eigenvalue weighted by Gasteiger charge is -2.46. The first-order chi connectivity index (χ1) is 12.4. The third-order valence-electron chi connectivity index (χ3n) is 4.28. The topological polar surface area (TPSA) is 61.8 Å². The number of rotatable bonds is 4. The molecule has 0 radical (unpaired) electrons. The van der Waals surface area contributed by atoms with Crippen molar-refractivity contribution in [3.05, 3.63) is 0 Å². The summed E-state index contributed by atoms with van der Waals surface area (Å²) < 4.78 is 95.8. The Morgan fingerprint density at radius 2 is 1.07 bits per heavy atom. The van der Waals surface area contributed by atoms with Crippen LogP contribution in [0.3, 0.4) is 0 Å². The largest absolute Gasteiger partial charge is 0.510 e. The molecule has 0 fully saturated rings. The van der Waals surface area contributed by atoms with Gasteiger partial charge in [-0.25, -0.2) is 4.79 Å². The highest BCUT2D eigenvalue weighted by molar-refractivity contribution is 5.73. The van der Waals surface area contributed by atoms with Crippen LogP contribution in [-0.2, 0) is 19.0 Å². The van der Waals surface area contributed by atoms with Crippen LogP contribution in [0.2, 0.25) is 0 Å². The van der Waals surface area contributed by atoms with Crippen molar-refractivity contribution in [1.82, 2.24) is 0 Å². The highest BCUT2D eigenvalue weighted by Gasteiger charge is 2.82. The summed E-state index contributed by atoms with van der Waals surface area (Å²) in [6.07, 6.45) is -14.6. The van der Waals surface area contributed by atoms with E-state index in [0.29, 0.717) is 13.8 Å². The lowest BCUT2D eigenvalue weighted by Crippen LogP contribution is -2.72. The van der Waals surface area contributed by atoms with Crippen LogP contribution in [0.5, 0.6) is 0 Å². The lowest BCUT2D eigenvalue weighted by atomic mass is 9.80. The van der Waals surface area contributed by atoms with Gasteiger partial charge >= 0.3 is 30.1 Å². The SMILES string of the molecule is CC(C(=O)OC(C)(C)C(OC(=O)OC(C)(C)C)(C(F)(F)F)C(F)(F)F)C(C)(C)C. The van der Waals surface area contributed by atoms with Crippen molar-refractivity contribution in [1.29, 1.82) is 0 Å². The van der Waals surface area contributed by atoms with Gasteiger partial charge in [0.25, 0.3) is 0 Å². The van der Waals surface area contributed by atoms with Crippen molar-refractivity contribution in [3.63, 3.8) is 0 Å². The fourth-order valence-electron chi connectivity index (χ4n) is 2.24. The molecule has 0 rings (SSSR count). The van der Waals surface area contributed by atoms with Crippen molar-refractivity contribution in [3.8, 4) is 0 Å². The molecule has 0 spiro atoms. The highest BCUT2D eigenvalue weighted by atomic mass is 19.4. The Labute approximate surface area is 166 Å². The van der Waals surface area contributed by atoms with Gasteiger partial charge in [-0.15, -0.1) is 0 Å². The molecule has 29 heavy (non-hydrogen) atoms. The van der Waals surface area contributed by atoms with Crippen LogP contribution in [0.25, 0.3) is 0 Å². The van der Waals surface area contributed by atoms with Gasteiger partial charge in [0, 0.05) is 0 Å². The summed E-state index contributed by atoms with van der Waals surface area (Å²) >= 11 is 0. The minimum Gasteiger partial charge on any atom is -0.454 e. The Balaban J connectivity index is 6.42. The van der Waals surface area contributed by atoms with Crippen LogP contribution in [0.4, 0.5) is 31.1 Å². The molecule has 11 heteroatoms. The molecular weight excluding hydrogens is 410 g/mol. The second kappa shape index (κ2) is 7.86. The molecule has 1 atom stereocenters. The van der Waals surface area contributed by atoms with Crippen molar-refractivity contribution in [2.45, 2.75) is 91.5 Å². The summed E-state index contributed by atoms with van der Waals surface area (Å²) in [5, 5.41) is 0. The molecule has 0 aromatic rings. The second-order valence-electron chi connectivity index (χ2n) is 9.26. The van der Waals surface area contributed by atoms with Gasteiger partial charge in [0.05, 0.1) is 5.92 Å². The zero-order valence-corrected chi connectivity index (χ0v) is 17.9. The molecule has 0 N–H and O–H groups in total. The molecule has 0 aliphatic carbocycles. The zero-order valence-electron chi connectivity index (χ0n) is 17.9. The first-order valence-corrected chi connectivity index (χ1v) is 8.67. The number of alkyl halides is 6. The van der Waals surface area contributed by atoms with E-state index in [9.17, 15) is 35.9 Å². The molecule has 172 valence electrons.